The summed E-state index contributed by atoms with van der Waals surface area (Å²) in [6, 6.07) is 15.7. The van der Waals surface area contributed by atoms with Crippen molar-refractivity contribution >= 4 is 36.0 Å². The smallest absolute Gasteiger partial charge is 0.303 e. The SMILES string of the molecule is COc1cccc(OCCOCCNC(=O)c2ccc([NH2+]/N=C\c3ccccc3SOO[O-])nc2)c1CCC(=O)O. The van der Waals surface area contributed by atoms with Gasteiger partial charge in [-0.1, -0.05) is 29.4 Å². The van der Waals surface area contributed by atoms with Crippen LogP contribution in [0.5, 0.6) is 11.5 Å². The Kier molecular flexibility index (Phi) is 13.5. The number of amides is 1. The number of carboxylic acids is 1. The van der Waals surface area contributed by atoms with E-state index in [4.69, 9.17) is 19.3 Å². The Balaban J connectivity index is 1.36. The minimum atomic E-state index is -0.902. The predicted octanol–water partition coefficient (Wildman–Crippen LogP) is 1.39. The van der Waals surface area contributed by atoms with E-state index < -0.39 is 5.97 Å². The molecular weight excluding hydrogens is 556 g/mol. The van der Waals surface area contributed by atoms with E-state index in [1.807, 2.05) is 6.07 Å². The molecule has 0 saturated heterocycles. The Bertz CT molecular complexity index is 1290. The molecule has 3 rings (SSSR count). The van der Waals surface area contributed by atoms with Crippen LogP contribution < -0.4 is 25.5 Å². The molecule has 0 spiro atoms. The highest BCUT2D eigenvalue weighted by atomic mass is 32.2. The van der Waals surface area contributed by atoms with E-state index >= 15 is 0 Å². The second-order valence-electron chi connectivity index (χ2n) is 8.18. The Morgan fingerprint density at radius 1 is 1.10 bits per heavy atom. The molecule has 218 valence electrons. The van der Waals surface area contributed by atoms with Gasteiger partial charge in [-0.05, 0) is 30.7 Å². The van der Waals surface area contributed by atoms with Crippen molar-refractivity contribution in [3.8, 4) is 11.5 Å². The molecule has 4 N–H and O–H groups in total. The second-order valence-corrected chi connectivity index (χ2v) is 8.93. The molecule has 0 atom stereocenters. The predicted molar refractivity (Wildman–Crippen MR) is 145 cm³/mol. The van der Waals surface area contributed by atoms with Gasteiger partial charge in [0, 0.05) is 41.3 Å². The third kappa shape index (κ3) is 10.8. The average molecular weight is 587 g/mol. The molecule has 2 aromatic carbocycles. The van der Waals surface area contributed by atoms with Crippen LogP contribution >= 0.6 is 12.0 Å². The normalized spacial score (nSPS) is 11.0. The van der Waals surface area contributed by atoms with Gasteiger partial charge in [0.15, 0.2) is 0 Å². The summed E-state index contributed by atoms with van der Waals surface area (Å²) in [7, 11) is 1.52. The number of hydrogen-bond acceptors (Lipinski definition) is 11. The number of ether oxygens (including phenoxy) is 3. The lowest BCUT2D eigenvalue weighted by Gasteiger charge is -2.14. The fraction of sp³-hybridized carbons (Fsp3) is 0.259. The highest BCUT2D eigenvalue weighted by Gasteiger charge is 2.12. The standard InChI is InChI=1S/C27H30N4O9S/c1-36-22-6-4-7-23(21(22)10-12-26(32)33)38-16-15-37-14-13-28-27(34)20-9-11-25(29-17-20)31-30-18-19-5-2-3-8-24(19)41-40-39-35/h2-9,11,17-18,35H,10,12-16H2,1H3,(H,28,34)(H,29,31)(H,32,33)/b30-18-. The van der Waals surface area contributed by atoms with Gasteiger partial charge in [-0.3, -0.25) is 14.6 Å². The number of benzene rings is 2. The van der Waals surface area contributed by atoms with Gasteiger partial charge in [0.2, 0.25) is 0 Å². The van der Waals surface area contributed by atoms with Crippen LogP contribution in [0.15, 0.2) is 70.8 Å². The Morgan fingerprint density at radius 2 is 1.93 bits per heavy atom. The molecule has 0 aliphatic rings. The van der Waals surface area contributed by atoms with Crippen LogP contribution in [0.3, 0.4) is 0 Å². The molecule has 0 aliphatic carbocycles. The van der Waals surface area contributed by atoms with Gasteiger partial charge in [0.25, 0.3) is 11.7 Å². The number of rotatable bonds is 18. The van der Waals surface area contributed by atoms with E-state index in [0.29, 0.717) is 39.9 Å². The number of quaternary nitrogens is 1. The Morgan fingerprint density at radius 3 is 2.68 bits per heavy atom. The second kappa shape index (κ2) is 17.6. The van der Waals surface area contributed by atoms with Crippen molar-refractivity contribution in [1.82, 2.24) is 10.3 Å². The number of nitrogens with one attached hydrogen (secondary N) is 1. The van der Waals surface area contributed by atoms with Gasteiger partial charge in [0.05, 0.1) is 44.1 Å². The summed E-state index contributed by atoms with van der Waals surface area (Å²) in [5, 5.41) is 29.4. The molecule has 3 aromatic rings. The zero-order valence-electron chi connectivity index (χ0n) is 22.2. The van der Waals surface area contributed by atoms with E-state index in [1.54, 1.807) is 54.7 Å². The quantitative estimate of drug-likeness (QED) is 0.0490. The zero-order chi connectivity index (χ0) is 29.3. The van der Waals surface area contributed by atoms with Gasteiger partial charge >= 0.3 is 5.97 Å². The zero-order valence-corrected chi connectivity index (χ0v) is 23.0. The molecule has 1 heterocycles. The number of aromatic nitrogens is 1. The molecule has 0 aliphatic heterocycles. The number of carbonyl (C=O) groups is 2. The van der Waals surface area contributed by atoms with Crippen molar-refractivity contribution in [2.75, 3.05) is 33.5 Å². The lowest BCUT2D eigenvalue weighted by Crippen LogP contribution is -2.71. The van der Waals surface area contributed by atoms with Gasteiger partial charge < -0.3 is 29.9 Å². The van der Waals surface area contributed by atoms with Gasteiger partial charge in [0.1, 0.15) is 18.1 Å². The summed E-state index contributed by atoms with van der Waals surface area (Å²) < 4.78 is 21.0. The summed E-state index contributed by atoms with van der Waals surface area (Å²) >= 11 is 0.777. The monoisotopic (exact) mass is 586 g/mol. The number of carbonyl (C=O) groups excluding carboxylic acids is 1. The molecule has 1 aromatic heterocycles. The Hall–Kier alpha value is -4.05. The summed E-state index contributed by atoms with van der Waals surface area (Å²) in [6.07, 6.45) is 3.28. The number of carboxylic acid groups (broad SMARTS) is 1. The van der Waals surface area contributed by atoms with Gasteiger partial charge in [-0.2, -0.15) is 9.76 Å². The highest BCUT2D eigenvalue weighted by Crippen LogP contribution is 2.29. The Labute approximate surface area is 240 Å². The van der Waals surface area contributed by atoms with Crippen molar-refractivity contribution in [1.29, 1.82) is 0 Å². The van der Waals surface area contributed by atoms with Crippen molar-refractivity contribution in [3.05, 3.63) is 77.5 Å². The first kappa shape index (κ1) is 31.5. The minimum absolute atomic E-state index is 0.0382. The average Bonchev–Trinajstić information content (AvgIpc) is 2.99. The number of nitrogens with zero attached hydrogens (tertiary/aromatic N) is 2. The fourth-order valence-corrected chi connectivity index (χ4v) is 3.98. The van der Waals surface area contributed by atoms with Gasteiger partial charge in [-0.25, -0.2) is 4.98 Å². The third-order valence-electron chi connectivity index (χ3n) is 5.46. The first-order chi connectivity index (χ1) is 20.0. The maximum absolute atomic E-state index is 12.4. The number of hydrogen-bond donors (Lipinski definition) is 3. The molecule has 13 nitrogen and oxygen atoms in total. The molecule has 0 fully saturated rings. The van der Waals surface area contributed by atoms with Crippen molar-refractivity contribution in [2.24, 2.45) is 5.10 Å². The minimum Gasteiger partial charge on any atom is -0.691 e. The summed E-state index contributed by atoms with van der Waals surface area (Å²) in [4.78, 5) is 28.2. The molecule has 1 amide bonds. The number of nitrogens with two attached hydrogens (primary N) is 1. The molecular formula is C27H30N4O9S. The summed E-state index contributed by atoms with van der Waals surface area (Å²) in [6.45, 7) is 1.09. The maximum atomic E-state index is 12.4. The van der Waals surface area contributed by atoms with Crippen LogP contribution in [0, 0.1) is 0 Å². The molecule has 14 heteroatoms. The number of pyridine rings is 1. The summed E-state index contributed by atoms with van der Waals surface area (Å²) in [5.74, 6) is 0.470. The molecule has 0 unspecified atom stereocenters. The number of methoxy groups -OCH3 is 1. The maximum Gasteiger partial charge on any atom is 0.303 e. The van der Waals surface area contributed by atoms with Crippen LogP contribution in [-0.2, 0) is 25.3 Å². The van der Waals surface area contributed by atoms with E-state index in [9.17, 15) is 14.8 Å². The van der Waals surface area contributed by atoms with E-state index in [0.717, 1.165) is 17.6 Å². The first-order valence-corrected chi connectivity index (χ1v) is 13.2. The van der Waals surface area contributed by atoms with Crippen LogP contribution in [-0.4, -0.2) is 61.7 Å². The van der Waals surface area contributed by atoms with Crippen LogP contribution in [0.4, 0.5) is 5.82 Å². The van der Waals surface area contributed by atoms with Crippen molar-refractivity contribution < 1.29 is 49.0 Å². The van der Waals surface area contributed by atoms with Gasteiger partial charge in [-0.15, -0.1) is 0 Å². The molecule has 0 radical (unpaired) electrons. The van der Waals surface area contributed by atoms with E-state index in [2.05, 4.69) is 24.8 Å². The number of aliphatic carboxylic acids is 1. The largest absolute Gasteiger partial charge is 0.691 e. The molecule has 0 saturated carbocycles. The lowest BCUT2D eigenvalue weighted by atomic mass is 10.1. The van der Waals surface area contributed by atoms with Crippen LogP contribution in [0.25, 0.3) is 0 Å². The summed E-state index contributed by atoms with van der Waals surface area (Å²) in [5.41, 5.74) is 3.33. The molecule has 0 bridgehead atoms. The fourth-order valence-electron chi connectivity index (χ4n) is 3.53. The third-order valence-corrected chi connectivity index (χ3v) is 6.13. The lowest BCUT2D eigenvalue weighted by molar-refractivity contribution is -0.777. The highest BCUT2D eigenvalue weighted by molar-refractivity contribution is 7.94. The first-order valence-electron chi connectivity index (χ1n) is 12.4. The van der Waals surface area contributed by atoms with Crippen LogP contribution in [0.1, 0.15) is 27.9 Å². The van der Waals surface area contributed by atoms with Crippen molar-refractivity contribution in [2.45, 2.75) is 17.7 Å². The van der Waals surface area contributed by atoms with E-state index in [-0.39, 0.29) is 38.6 Å². The van der Waals surface area contributed by atoms with E-state index in [1.165, 1.54) is 18.7 Å². The van der Waals surface area contributed by atoms with Crippen molar-refractivity contribution in [3.63, 3.8) is 0 Å². The van der Waals surface area contributed by atoms with Crippen LogP contribution in [0.2, 0.25) is 0 Å². The molecule has 41 heavy (non-hydrogen) atoms. The topological polar surface area (TPSA) is 177 Å².